The van der Waals surface area contributed by atoms with E-state index in [4.69, 9.17) is 9.97 Å². The highest BCUT2D eigenvalue weighted by Crippen LogP contribution is 2.47. The van der Waals surface area contributed by atoms with Gasteiger partial charge >= 0.3 is 0 Å². The summed E-state index contributed by atoms with van der Waals surface area (Å²) in [5.41, 5.74) is 14.4. The van der Waals surface area contributed by atoms with Gasteiger partial charge in [-0.2, -0.15) is 0 Å². The topological polar surface area (TPSA) is 35.6 Å². The Balaban J connectivity index is 1.14. The minimum atomic E-state index is 0.867. The second-order valence-electron chi connectivity index (χ2n) is 13.8. The smallest absolute Gasteiger partial charge is 0.165 e. The standard InChI is InChI=1S/C48H28N4/c1-2-12-32(13-3-1)51-43-25-23-31(28-39(43)45-33-14-5-4-11-29(33)21-26-44(45)51)30-22-24-42-38(27-30)37-18-10-17-36-34-15-6-7-16-35(34)46-48(52(42)47(36)37)50-41-20-9-8-19-40(41)49-46/h1-28H. The molecule has 0 saturated heterocycles. The molecule has 0 unspecified atom stereocenters. The van der Waals surface area contributed by atoms with Crippen LogP contribution in [0.2, 0.25) is 0 Å². The zero-order valence-corrected chi connectivity index (χ0v) is 28.0. The molecule has 0 spiro atoms. The summed E-state index contributed by atoms with van der Waals surface area (Å²) in [4.78, 5) is 10.6. The maximum absolute atomic E-state index is 5.31. The first-order valence-electron chi connectivity index (χ1n) is 17.8. The molecule has 1 aliphatic heterocycles. The van der Waals surface area contributed by atoms with Crippen LogP contribution in [0.15, 0.2) is 170 Å². The predicted octanol–water partition coefficient (Wildman–Crippen LogP) is 12.3. The summed E-state index contributed by atoms with van der Waals surface area (Å²) in [7, 11) is 0. The molecule has 4 nitrogen and oxygen atoms in total. The molecule has 12 rings (SSSR count). The Labute approximate surface area is 298 Å². The largest absolute Gasteiger partial charge is 0.309 e. The fraction of sp³-hybridized carbons (Fsp3) is 0. The summed E-state index contributed by atoms with van der Waals surface area (Å²) in [6.45, 7) is 0. The van der Waals surface area contributed by atoms with E-state index in [1.54, 1.807) is 0 Å². The van der Waals surface area contributed by atoms with Crippen LogP contribution in [0.3, 0.4) is 0 Å². The van der Waals surface area contributed by atoms with Crippen molar-refractivity contribution in [2.75, 3.05) is 0 Å². The van der Waals surface area contributed by atoms with Gasteiger partial charge in [0.25, 0.3) is 0 Å². The van der Waals surface area contributed by atoms with Crippen molar-refractivity contribution in [3.8, 4) is 45.0 Å². The maximum atomic E-state index is 5.31. The SMILES string of the molecule is c1ccc(-n2c3ccc(-c4ccc5c(c4)c4cccc6c4n5-c4nc5ccccc5nc4-c4ccccc4-6)cc3c3c4ccccc4ccc32)cc1. The number of para-hydroxylation sites is 4. The number of hydrogen-bond donors (Lipinski definition) is 0. The number of rotatable bonds is 2. The molecule has 52 heavy (non-hydrogen) atoms. The van der Waals surface area contributed by atoms with Crippen molar-refractivity contribution in [2.45, 2.75) is 0 Å². The minimum absolute atomic E-state index is 0.867. The number of hydrogen-bond acceptors (Lipinski definition) is 2. The first-order valence-corrected chi connectivity index (χ1v) is 17.8. The van der Waals surface area contributed by atoms with E-state index in [-0.39, 0.29) is 0 Å². The summed E-state index contributed by atoms with van der Waals surface area (Å²) < 4.78 is 4.75. The lowest BCUT2D eigenvalue weighted by molar-refractivity contribution is 1.09. The third-order valence-corrected chi connectivity index (χ3v) is 11.0. The molecular formula is C48H28N4. The summed E-state index contributed by atoms with van der Waals surface area (Å²) >= 11 is 0. The van der Waals surface area contributed by atoms with E-state index in [1.165, 1.54) is 71.1 Å². The van der Waals surface area contributed by atoms with Gasteiger partial charge in [-0.25, -0.2) is 9.97 Å². The Morgan fingerprint density at radius 1 is 0.385 bits per heavy atom. The van der Waals surface area contributed by atoms with Crippen LogP contribution in [-0.4, -0.2) is 19.1 Å². The fourth-order valence-corrected chi connectivity index (χ4v) is 8.76. The number of benzene rings is 8. The van der Waals surface area contributed by atoms with Gasteiger partial charge in [-0.15, -0.1) is 0 Å². The quantitative estimate of drug-likeness (QED) is 0.185. The van der Waals surface area contributed by atoms with Crippen LogP contribution in [0.4, 0.5) is 0 Å². The molecule has 0 N–H and O–H groups in total. The van der Waals surface area contributed by atoms with Gasteiger partial charge < -0.3 is 4.57 Å². The lowest BCUT2D eigenvalue weighted by Gasteiger charge is -2.12. The molecule has 0 saturated carbocycles. The molecule has 0 bridgehead atoms. The van der Waals surface area contributed by atoms with Crippen molar-refractivity contribution < 1.29 is 0 Å². The third kappa shape index (κ3) is 3.70. The summed E-state index contributed by atoms with van der Waals surface area (Å²) in [6.07, 6.45) is 0. The van der Waals surface area contributed by atoms with Crippen molar-refractivity contribution in [3.05, 3.63) is 170 Å². The third-order valence-electron chi connectivity index (χ3n) is 11.0. The van der Waals surface area contributed by atoms with Gasteiger partial charge in [-0.05, 0) is 82.1 Å². The minimum Gasteiger partial charge on any atom is -0.309 e. The van der Waals surface area contributed by atoms with Crippen LogP contribution < -0.4 is 0 Å². The lowest BCUT2D eigenvalue weighted by Crippen LogP contribution is -2.02. The molecule has 0 aliphatic carbocycles. The molecule has 8 aromatic carbocycles. The Bertz CT molecular complexity index is 3290. The van der Waals surface area contributed by atoms with Gasteiger partial charge in [0.05, 0.1) is 33.1 Å². The lowest BCUT2D eigenvalue weighted by atomic mass is 9.95. The Hall–Kier alpha value is -7.04. The first-order chi connectivity index (χ1) is 25.8. The highest BCUT2D eigenvalue weighted by atomic mass is 15.1. The molecule has 0 fully saturated rings. The van der Waals surface area contributed by atoms with Crippen LogP contribution in [-0.2, 0) is 0 Å². The highest BCUT2D eigenvalue weighted by molar-refractivity contribution is 6.22. The van der Waals surface area contributed by atoms with Crippen LogP contribution >= 0.6 is 0 Å². The van der Waals surface area contributed by atoms with Gasteiger partial charge in [0.2, 0.25) is 0 Å². The van der Waals surface area contributed by atoms with Gasteiger partial charge in [-0.1, -0.05) is 115 Å². The summed E-state index contributed by atoms with van der Waals surface area (Å²) in [6, 6.07) is 61.3. The van der Waals surface area contributed by atoms with Crippen molar-refractivity contribution in [3.63, 3.8) is 0 Å². The van der Waals surface area contributed by atoms with Crippen LogP contribution in [0.5, 0.6) is 0 Å². The monoisotopic (exact) mass is 660 g/mol. The van der Waals surface area contributed by atoms with Gasteiger partial charge in [0.15, 0.2) is 5.82 Å². The van der Waals surface area contributed by atoms with E-state index in [0.717, 1.165) is 39.3 Å². The van der Waals surface area contributed by atoms with Crippen LogP contribution in [0.1, 0.15) is 0 Å². The zero-order valence-electron chi connectivity index (χ0n) is 28.0. The highest BCUT2D eigenvalue weighted by Gasteiger charge is 2.27. The molecule has 4 heterocycles. The van der Waals surface area contributed by atoms with E-state index in [1.807, 2.05) is 12.1 Å². The average molecular weight is 661 g/mol. The molecule has 1 aliphatic rings. The second kappa shape index (κ2) is 10.3. The van der Waals surface area contributed by atoms with E-state index in [2.05, 4.69) is 167 Å². The molecule has 0 radical (unpaired) electrons. The Kier molecular flexibility index (Phi) is 5.47. The number of fused-ring (bicyclic) bond motifs is 14. The van der Waals surface area contributed by atoms with Crippen molar-refractivity contribution in [1.29, 1.82) is 0 Å². The molecule has 3 aromatic heterocycles. The van der Waals surface area contributed by atoms with Crippen LogP contribution in [0, 0.1) is 0 Å². The van der Waals surface area contributed by atoms with E-state index >= 15 is 0 Å². The van der Waals surface area contributed by atoms with Gasteiger partial charge in [0.1, 0.15) is 5.69 Å². The number of aromatic nitrogens is 4. The van der Waals surface area contributed by atoms with Crippen molar-refractivity contribution >= 4 is 65.4 Å². The van der Waals surface area contributed by atoms with Crippen LogP contribution in [0.25, 0.3) is 110 Å². The normalized spacial score (nSPS) is 12.2. The number of nitrogens with zero attached hydrogens (tertiary/aromatic N) is 4. The average Bonchev–Trinajstić information content (AvgIpc) is 3.69. The molecule has 0 atom stereocenters. The van der Waals surface area contributed by atoms with Gasteiger partial charge in [-0.3, -0.25) is 4.57 Å². The Morgan fingerprint density at radius 3 is 1.87 bits per heavy atom. The molecule has 0 amide bonds. The second-order valence-corrected chi connectivity index (χ2v) is 13.8. The molecule has 240 valence electrons. The van der Waals surface area contributed by atoms with E-state index in [9.17, 15) is 0 Å². The van der Waals surface area contributed by atoms with Crippen molar-refractivity contribution in [1.82, 2.24) is 19.1 Å². The summed E-state index contributed by atoms with van der Waals surface area (Å²) in [5, 5.41) is 7.46. The first kappa shape index (κ1) is 27.7. The molecule has 11 aromatic rings. The zero-order chi connectivity index (χ0) is 33.9. The Morgan fingerprint density at radius 2 is 1.02 bits per heavy atom. The molecular weight excluding hydrogens is 633 g/mol. The van der Waals surface area contributed by atoms with E-state index < -0.39 is 0 Å². The van der Waals surface area contributed by atoms with Crippen molar-refractivity contribution in [2.24, 2.45) is 0 Å². The fourth-order valence-electron chi connectivity index (χ4n) is 8.76. The summed E-state index contributed by atoms with van der Waals surface area (Å²) in [5.74, 6) is 0.867. The van der Waals surface area contributed by atoms with Gasteiger partial charge in [0, 0.05) is 38.4 Å². The predicted molar refractivity (Wildman–Crippen MR) is 216 cm³/mol. The molecule has 4 heteroatoms. The van der Waals surface area contributed by atoms with E-state index in [0.29, 0.717) is 0 Å². The maximum Gasteiger partial charge on any atom is 0.165 e.